The fraction of sp³-hybridized carbons (Fsp3) is 0.474. The van der Waals surface area contributed by atoms with Gasteiger partial charge in [0.15, 0.2) is 5.79 Å². The second-order valence-electron chi connectivity index (χ2n) is 6.90. The largest absolute Gasteiger partial charge is 0.378 e. The minimum absolute atomic E-state index is 0.374. The SMILES string of the molecule is CN(C)c1ccc(Nc2ccnc(N3CCC4(CC3)OCCO4)n2)cc1. The average molecular weight is 355 g/mol. The van der Waals surface area contributed by atoms with Gasteiger partial charge >= 0.3 is 0 Å². The van der Waals surface area contributed by atoms with E-state index in [0.29, 0.717) is 13.2 Å². The van der Waals surface area contributed by atoms with Gasteiger partial charge in [-0.25, -0.2) is 4.98 Å². The Kier molecular flexibility index (Phi) is 4.65. The fourth-order valence-electron chi connectivity index (χ4n) is 3.39. The Bertz CT molecular complexity index is 734. The number of ether oxygens (including phenoxy) is 2. The van der Waals surface area contributed by atoms with Crippen LogP contribution in [0.15, 0.2) is 36.5 Å². The van der Waals surface area contributed by atoms with Crippen molar-refractivity contribution in [2.75, 3.05) is 55.5 Å². The Hall–Kier alpha value is -2.38. The van der Waals surface area contributed by atoms with E-state index in [4.69, 9.17) is 9.47 Å². The van der Waals surface area contributed by atoms with Crippen LogP contribution in [0.4, 0.5) is 23.1 Å². The minimum Gasteiger partial charge on any atom is -0.378 e. The van der Waals surface area contributed by atoms with Crippen molar-refractivity contribution >= 4 is 23.1 Å². The van der Waals surface area contributed by atoms with Gasteiger partial charge in [0.05, 0.1) is 13.2 Å². The molecule has 0 unspecified atom stereocenters. The molecule has 0 bridgehead atoms. The zero-order valence-electron chi connectivity index (χ0n) is 15.3. The third-order valence-corrected chi connectivity index (χ3v) is 4.92. The van der Waals surface area contributed by atoms with E-state index < -0.39 is 0 Å². The van der Waals surface area contributed by atoms with Crippen molar-refractivity contribution in [2.45, 2.75) is 18.6 Å². The highest BCUT2D eigenvalue weighted by Crippen LogP contribution is 2.32. The van der Waals surface area contributed by atoms with Crippen LogP contribution in [0.2, 0.25) is 0 Å². The smallest absolute Gasteiger partial charge is 0.227 e. The summed E-state index contributed by atoms with van der Waals surface area (Å²) in [5.74, 6) is 1.16. The van der Waals surface area contributed by atoms with Gasteiger partial charge in [0.2, 0.25) is 5.95 Å². The fourth-order valence-corrected chi connectivity index (χ4v) is 3.39. The van der Waals surface area contributed by atoms with Crippen LogP contribution in [-0.4, -0.2) is 56.2 Å². The van der Waals surface area contributed by atoms with Gasteiger partial charge in [-0.05, 0) is 30.3 Å². The Morgan fingerprint density at radius 3 is 2.38 bits per heavy atom. The number of benzene rings is 1. The van der Waals surface area contributed by atoms with Crippen molar-refractivity contribution in [1.82, 2.24) is 9.97 Å². The van der Waals surface area contributed by atoms with Crippen molar-refractivity contribution in [1.29, 1.82) is 0 Å². The molecule has 0 saturated carbocycles. The molecule has 7 nitrogen and oxygen atoms in total. The summed E-state index contributed by atoms with van der Waals surface area (Å²) in [6.45, 7) is 3.06. The van der Waals surface area contributed by atoms with Crippen molar-refractivity contribution in [3.05, 3.63) is 36.5 Å². The van der Waals surface area contributed by atoms with Crippen LogP contribution >= 0.6 is 0 Å². The molecule has 4 rings (SSSR count). The molecule has 0 atom stereocenters. The number of anilines is 4. The molecule has 0 amide bonds. The van der Waals surface area contributed by atoms with E-state index in [1.54, 1.807) is 6.20 Å². The molecule has 2 aromatic rings. The predicted molar refractivity (Wildman–Crippen MR) is 102 cm³/mol. The number of aromatic nitrogens is 2. The summed E-state index contributed by atoms with van der Waals surface area (Å²) >= 11 is 0. The molecule has 2 fully saturated rings. The number of rotatable bonds is 4. The van der Waals surface area contributed by atoms with Crippen molar-refractivity contribution in [3.8, 4) is 0 Å². The molecule has 2 saturated heterocycles. The lowest BCUT2D eigenvalue weighted by Crippen LogP contribution is -2.45. The maximum absolute atomic E-state index is 5.79. The summed E-state index contributed by atoms with van der Waals surface area (Å²) in [5, 5.41) is 3.35. The first-order valence-electron chi connectivity index (χ1n) is 9.04. The average Bonchev–Trinajstić information content (AvgIpc) is 3.11. The summed E-state index contributed by atoms with van der Waals surface area (Å²) in [4.78, 5) is 13.4. The third-order valence-electron chi connectivity index (χ3n) is 4.92. The molecule has 1 spiro atoms. The summed E-state index contributed by atoms with van der Waals surface area (Å²) in [6, 6.07) is 10.2. The van der Waals surface area contributed by atoms with Crippen LogP contribution in [0.5, 0.6) is 0 Å². The highest BCUT2D eigenvalue weighted by atomic mass is 16.7. The zero-order chi connectivity index (χ0) is 18.0. The number of nitrogens with one attached hydrogen (secondary N) is 1. The summed E-state index contributed by atoms with van der Waals surface area (Å²) in [6.07, 6.45) is 3.49. The maximum atomic E-state index is 5.79. The van der Waals surface area contributed by atoms with Gasteiger partial charge in [-0.2, -0.15) is 4.98 Å². The Labute approximate surface area is 153 Å². The van der Waals surface area contributed by atoms with Crippen LogP contribution < -0.4 is 15.1 Å². The van der Waals surface area contributed by atoms with Gasteiger partial charge in [-0.15, -0.1) is 0 Å². The van der Waals surface area contributed by atoms with E-state index in [2.05, 4.69) is 49.4 Å². The Morgan fingerprint density at radius 1 is 1.04 bits per heavy atom. The highest BCUT2D eigenvalue weighted by molar-refractivity contribution is 5.61. The monoisotopic (exact) mass is 355 g/mol. The second kappa shape index (κ2) is 7.09. The van der Waals surface area contributed by atoms with Gasteiger partial charge in [-0.1, -0.05) is 0 Å². The number of nitrogens with zero attached hydrogens (tertiary/aromatic N) is 4. The Morgan fingerprint density at radius 2 is 1.73 bits per heavy atom. The molecule has 7 heteroatoms. The summed E-state index contributed by atoms with van der Waals surface area (Å²) in [5.41, 5.74) is 2.17. The van der Waals surface area contributed by atoms with E-state index in [1.165, 1.54) is 0 Å². The van der Waals surface area contributed by atoms with Gasteiger partial charge in [-0.3, -0.25) is 0 Å². The summed E-state index contributed by atoms with van der Waals surface area (Å²) < 4.78 is 11.6. The molecule has 0 aliphatic carbocycles. The van der Waals surface area contributed by atoms with Gasteiger partial charge in [0.25, 0.3) is 0 Å². The van der Waals surface area contributed by atoms with Crippen LogP contribution in [0.1, 0.15) is 12.8 Å². The molecule has 1 N–H and O–H groups in total. The molecule has 1 aromatic carbocycles. The lowest BCUT2D eigenvalue weighted by Gasteiger charge is -2.37. The quantitative estimate of drug-likeness (QED) is 0.904. The van der Waals surface area contributed by atoms with Gasteiger partial charge in [0, 0.05) is 57.6 Å². The van der Waals surface area contributed by atoms with Crippen molar-refractivity contribution < 1.29 is 9.47 Å². The standard InChI is InChI=1S/C19H25N5O2/c1-23(2)16-5-3-15(4-6-16)21-17-7-10-20-18(22-17)24-11-8-19(9-12-24)25-13-14-26-19/h3-7,10H,8-9,11-14H2,1-2H3,(H,20,21,22). The third kappa shape index (κ3) is 3.59. The molecule has 26 heavy (non-hydrogen) atoms. The van der Waals surface area contributed by atoms with Gasteiger partial charge in [0.1, 0.15) is 5.82 Å². The highest BCUT2D eigenvalue weighted by Gasteiger charge is 2.40. The van der Waals surface area contributed by atoms with Gasteiger partial charge < -0.3 is 24.6 Å². The summed E-state index contributed by atoms with van der Waals surface area (Å²) in [7, 11) is 4.06. The van der Waals surface area contributed by atoms with E-state index in [9.17, 15) is 0 Å². The number of hydrogen-bond acceptors (Lipinski definition) is 7. The zero-order valence-corrected chi connectivity index (χ0v) is 15.3. The second-order valence-corrected chi connectivity index (χ2v) is 6.90. The number of piperidine rings is 1. The van der Waals surface area contributed by atoms with E-state index in [0.717, 1.165) is 49.1 Å². The maximum Gasteiger partial charge on any atom is 0.227 e. The lowest BCUT2D eigenvalue weighted by molar-refractivity contribution is -0.169. The van der Waals surface area contributed by atoms with Crippen LogP contribution in [0, 0.1) is 0 Å². The van der Waals surface area contributed by atoms with Crippen molar-refractivity contribution in [3.63, 3.8) is 0 Å². The Balaban J connectivity index is 1.42. The molecular formula is C19H25N5O2. The van der Waals surface area contributed by atoms with Crippen LogP contribution in [0.25, 0.3) is 0 Å². The number of hydrogen-bond donors (Lipinski definition) is 1. The van der Waals surface area contributed by atoms with E-state index >= 15 is 0 Å². The molecule has 0 radical (unpaired) electrons. The topological polar surface area (TPSA) is 62.8 Å². The minimum atomic E-state index is -0.374. The van der Waals surface area contributed by atoms with Crippen LogP contribution in [-0.2, 0) is 9.47 Å². The first-order chi connectivity index (χ1) is 12.6. The lowest BCUT2D eigenvalue weighted by atomic mass is 10.0. The molecule has 2 aliphatic heterocycles. The molecule has 3 heterocycles. The van der Waals surface area contributed by atoms with Crippen LogP contribution in [0.3, 0.4) is 0 Å². The van der Waals surface area contributed by atoms with E-state index in [1.807, 2.05) is 20.2 Å². The first kappa shape index (κ1) is 17.1. The molecular weight excluding hydrogens is 330 g/mol. The normalized spacial score (nSPS) is 18.9. The van der Waals surface area contributed by atoms with Crippen molar-refractivity contribution in [2.24, 2.45) is 0 Å². The molecule has 138 valence electrons. The molecule has 2 aliphatic rings. The first-order valence-corrected chi connectivity index (χ1v) is 9.04. The molecule has 1 aromatic heterocycles. The van der Waals surface area contributed by atoms with E-state index in [-0.39, 0.29) is 5.79 Å². The predicted octanol–water partition coefficient (Wildman–Crippen LogP) is 2.63.